The number of esters is 4. The van der Waals surface area contributed by atoms with Crippen LogP contribution in [0.4, 0.5) is 0 Å². The molecule has 0 aliphatic carbocycles. The number of phosphoric acid groups is 2. The Hall–Kier alpha value is -1.94. The molecule has 6 atom stereocenters. The first-order valence-corrected chi connectivity index (χ1v) is 41.5. The third-order valence-corrected chi connectivity index (χ3v) is 19.5. The summed E-state index contributed by atoms with van der Waals surface area (Å²) in [4.78, 5) is 72.6. The summed E-state index contributed by atoms with van der Waals surface area (Å²) in [5.74, 6) is -0.723. The first-order chi connectivity index (χ1) is 44.9. The second-order valence-electron chi connectivity index (χ2n) is 27.4. The molecule has 0 bridgehead atoms. The van der Waals surface area contributed by atoms with E-state index in [2.05, 4.69) is 41.5 Å². The molecule has 0 heterocycles. The third-order valence-electron chi connectivity index (χ3n) is 17.6. The maximum Gasteiger partial charge on any atom is 0.472 e. The molecule has 0 saturated heterocycles. The van der Waals surface area contributed by atoms with Crippen molar-refractivity contribution >= 4 is 39.5 Å². The van der Waals surface area contributed by atoms with Crippen LogP contribution in [0.25, 0.3) is 0 Å². The number of unbranched alkanes of at least 4 members (excludes halogenated alkanes) is 42. The molecule has 0 aromatic carbocycles. The molecule has 19 heteroatoms. The highest BCUT2D eigenvalue weighted by Gasteiger charge is 2.30. The molecule has 17 nitrogen and oxygen atoms in total. The Morgan fingerprint density at radius 3 is 0.817 bits per heavy atom. The minimum Gasteiger partial charge on any atom is -0.462 e. The first-order valence-electron chi connectivity index (χ1n) is 38.5. The molecule has 0 aromatic heterocycles. The van der Waals surface area contributed by atoms with Crippen LogP contribution in [0.15, 0.2) is 0 Å². The number of ether oxygens (including phenoxy) is 4. The number of rotatable bonds is 73. The Morgan fingerprint density at radius 1 is 0.312 bits per heavy atom. The Morgan fingerprint density at radius 2 is 0.548 bits per heavy atom. The number of phosphoric ester groups is 2. The van der Waals surface area contributed by atoms with Gasteiger partial charge in [-0.15, -0.1) is 0 Å². The minimum atomic E-state index is -4.96. The number of hydrogen-bond donors (Lipinski definition) is 3. The summed E-state index contributed by atoms with van der Waals surface area (Å²) in [6.45, 7) is 9.45. The highest BCUT2D eigenvalue weighted by Crippen LogP contribution is 2.45. The summed E-state index contributed by atoms with van der Waals surface area (Å²) < 4.78 is 68.4. The van der Waals surface area contributed by atoms with E-state index in [-0.39, 0.29) is 25.7 Å². The van der Waals surface area contributed by atoms with Gasteiger partial charge in [-0.05, 0) is 37.5 Å². The molecule has 0 amide bonds. The lowest BCUT2D eigenvalue weighted by atomic mass is 10.00. The van der Waals surface area contributed by atoms with E-state index < -0.39 is 97.5 Å². The van der Waals surface area contributed by atoms with Gasteiger partial charge in [-0.2, -0.15) is 0 Å². The summed E-state index contributed by atoms with van der Waals surface area (Å²) in [6, 6.07) is 0. The fourth-order valence-electron chi connectivity index (χ4n) is 11.3. The molecular weight excluding hydrogens is 1220 g/mol. The lowest BCUT2D eigenvalue weighted by Gasteiger charge is -2.21. The summed E-state index contributed by atoms with van der Waals surface area (Å²) in [7, 11) is -9.91. The van der Waals surface area contributed by atoms with Gasteiger partial charge in [0.15, 0.2) is 12.2 Å². The van der Waals surface area contributed by atoms with Gasteiger partial charge >= 0.3 is 39.5 Å². The van der Waals surface area contributed by atoms with Crippen molar-refractivity contribution in [3.63, 3.8) is 0 Å². The second kappa shape index (κ2) is 66.0. The fraction of sp³-hybridized carbons (Fsp3) is 0.946. The van der Waals surface area contributed by atoms with Crippen molar-refractivity contribution in [1.82, 2.24) is 0 Å². The van der Waals surface area contributed by atoms with Gasteiger partial charge in [0.05, 0.1) is 26.4 Å². The Labute approximate surface area is 568 Å². The molecule has 3 N–H and O–H groups in total. The predicted octanol–water partition coefficient (Wildman–Crippen LogP) is 21.6. The van der Waals surface area contributed by atoms with Gasteiger partial charge in [-0.3, -0.25) is 37.3 Å². The van der Waals surface area contributed by atoms with Crippen LogP contribution in [0, 0.1) is 11.8 Å². The van der Waals surface area contributed by atoms with E-state index in [0.717, 1.165) is 102 Å². The summed E-state index contributed by atoms with van der Waals surface area (Å²) in [5.41, 5.74) is 0. The van der Waals surface area contributed by atoms with Gasteiger partial charge in [0.2, 0.25) is 0 Å². The predicted molar refractivity (Wildman–Crippen MR) is 377 cm³/mol. The highest BCUT2D eigenvalue weighted by molar-refractivity contribution is 7.47. The monoisotopic (exact) mass is 1370 g/mol. The quantitative estimate of drug-likeness (QED) is 0.0222. The molecule has 0 radical (unpaired) electrons. The van der Waals surface area contributed by atoms with Crippen LogP contribution in [0.1, 0.15) is 382 Å². The average Bonchev–Trinajstić information content (AvgIpc) is 3.24. The van der Waals surface area contributed by atoms with Crippen molar-refractivity contribution in [2.45, 2.75) is 400 Å². The van der Waals surface area contributed by atoms with Crippen molar-refractivity contribution < 1.29 is 80.2 Å². The first kappa shape index (κ1) is 91.1. The van der Waals surface area contributed by atoms with Gasteiger partial charge in [0, 0.05) is 25.7 Å². The van der Waals surface area contributed by atoms with E-state index in [1.54, 1.807) is 0 Å². The number of aliphatic hydroxyl groups is 1. The zero-order valence-electron chi connectivity index (χ0n) is 60.6. The summed E-state index contributed by atoms with van der Waals surface area (Å²) in [5, 5.41) is 10.6. The second-order valence-corrected chi connectivity index (χ2v) is 30.3. The van der Waals surface area contributed by atoms with E-state index in [1.165, 1.54) is 193 Å². The molecule has 0 saturated carbocycles. The molecule has 0 aliphatic rings. The Kier molecular flexibility index (Phi) is 64.6. The molecule has 552 valence electrons. The van der Waals surface area contributed by atoms with Crippen molar-refractivity contribution in [2.24, 2.45) is 11.8 Å². The average molecular weight is 1370 g/mol. The van der Waals surface area contributed by atoms with Crippen LogP contribution < -0.4 is 0 Å². The van der Waals surface area contributed by atoms with Gasteiger partial charge < -0.3 is 33.8 Å². The van der Waals surface area contributed by atoms with Gasteiger partial charge in [0.1, 0.15) is 19.3 Å². The molecule has 0 aliphatic heterocycles. The van der Waals surface area contributed by atoms with Crippen LogP contribution in [0.2, 0.25) is 0 Å². The fourth-order valence-corrected chi connectivity index (χ4v) is 12.8. The van der Waals surface area contributed by atoms with Crippen LogP contribution >= 0.6 is 15.6 Å². The molecule has 0 spiro atoms. The molecule has 93 heavy (non-hydrogen) atoms. The maximum atomic E-state index is 13.1. The van der Waals surface area contributed by atoms with Crippen molar-refractivity contribution in [3.8, 4) is 0 Å². The van der Waals surface area contributed by atoms with Gasteiger partial charge in [-0.25, -0.2) is 9.13 Å². The number of hydrogen-bond acceptors (Lipinski definition) is 15. The highest BCUT2D eigenvalue weighted by atomic mass is 31.2. The molecule has 3 unspecified atom stereocenters. The third kappa shape index (κ3) is 67.0. The normalized spacial score (nSPS) is 14.3. The maximum absolute atomic E-state index is 13.1. The van der Waals surface area contributed by atoms with E-state index in [0.29, 0.717) is 31.6 Å². The van der Waals surface area contributed by atoms with Crippen LogP contribution in [-0.4, -0.2) is 96.7 Å². The number of carbonyl (C=O) groups is 4. The zero-order valence-corrected chi connectivity index (χ0v) is 62.3. The van der Waals surface area contributed by atoms with E-state index in [9.17, 15) is 43.2 Å². The largest absolute Gasteiger partial charge is 0.472 e. The number of aliphatic hydroxyl groups excluding tert-OH is 1. The van der Waals surface area contributed by atoms with Gasteiger partial charge in [-0.1, -0.05) is 330 Å². The Bertz CT molecular complexity index is 1810. The smallest absolute Gasteiger partial charge is 0.462 e. The SMILES string of the molecule is CCCCCCCCCCCCCCCCCCCC(=O)OC[C@H](COP(=O)(O)OC[C@@H](O)COP(=O)(O)OC[C@@H](COC(=O)CCCCCCCCC(C)C)OC(=O)CCCCCCCCC(C)CC)OC(=O)CCCCCCCCCCCCCCCCCCC. The molecule has 0 fully saturated rings. The van der Waals surface area contributed by atoms with Crippen molar-refractivity contribution in [1.29, 1.82) is 0 Å². The van der Waals surface area contributed by atoms with Crippen LogP contribution in [-0.2, 0) is 65.4 Å². The minimum absolute atomic E-state index is 0.102. The Balaban J connectivity index is 5.22. The summed E-state index contributed by atoms with van der Waals surface area (Å²) in [6.07, 6.45) is 53.0. The number of carbonyl (C=O) groups excluding carboxylic acids is 4. The molecular formula is C74H144O17P2. The topological polar surface area (TPSA) is 237 Å². The van der Waals surface area contributed by atoms with E-state index >= 15 is 0 Å². The van der Waals surface area contributed by atoms with Crippen molar-refractivity contribution in [2.75, 3.05) is 39.6 Å². The van der Waals surface area contributed by atoms with Crippen LogP contribution in [0.5, 0.6) is 0 Å². The standard InChI is InChI=1S/C74H144O17P2/c1-7-10-12-14-16-18-20-22-24-26-28-30-32-34-36-44-50-56-71(76)84-62-69(90-73(78)58-52-46-37-35-33-31-29-27-25-23-21-19-17-15-13-11-8-2)64-88-92(80,81)86-60-68(75)61-87-93(82,83)89-65-70(63-85-72(77)57-51-45-40-38-42-48-54-66(4)5)91-74(79)59-53-47-41-39-43-49-55-67(6)9-3/h66-70,75H,7-65H2,1-6H3,(H,80,81)(H,82,83)/t67?,68-,69-,70-/m1/s1. The summed E-state index contributed by atoms with van der Waals surface area (Å²) >= 11 is 0. The molecule has 0 aromatic rings. The van der Waals surface area contributed by atoms with Gasteiger partial charge in [0.25, 0.3) is 0 Å². The van der Waals surface area contributed by atoms with Crippen molar-refractivity contribution in [3.05, 3.63) is 0 Å². The lowest BCUT2D eigenvalue weighted by Crippen LogP contribution is -2.30. The van der Waals surface area contributed by atoms with E-state index in [1.807, 2.05) is 0 Å². The van der Waals surface area contributed by atoms with Crippen LogP contribution in [0.3, 0.4) is 0 Å². The zero-order chi connectivity index (χ0) is 68.6. The van der Waals surface area contributed by atoms with E-state index in [4.69, 9.17) is 37.0 Å². The lowest BCUT2D eigenvalue weighted by molar-refractivity contribution is -0.161. The molecule has 0 rings (SSSR count).